The Morgan fingerprint density at radius 2 is 1.47 bits per heavy atom. The molecule has 4 rings (SSSR count). The van der Waals surface area contributed by atoms with Crippen LogP contribution in [0.1, 0.15) is 37.4 Å². The molecule has 2 amide bonds. The van der Waals surface area contributed by atoms with Crippen molar-refractivity contribution >= 4 is 52.6 Å². The van der Waals surface area contributed by atoms with E-state index in [2.05, 4.69) is 5.32 Å². The number of halogens is 5. The summed E-state index contributed by atoms with van der Waals surface area (Å²) >= 11 is 11.8. The van der Waals surface area contributed by atoms with E-state index >= 15 is 0 Å². The topological polar surface area (TPSA) is 122 Å². The number of esters is 1. The van der Waals surface area contributed by atoms with Gasteiger partial charge in [0.2, 0.25) is 5.91 Å². The Labute approximate surface area is 276 Å². The number of hydrogen-bond donors (Lipinski definition) is 2. The zero-order valence-electron chi connectivity index (χ0n) is 24.4. The first kappa shape index (κ1) is 34.8. The first-order valence-electron chi connectivity index (χ1n) is 13.6. The van der Waals surface area contributed by atoms with Crippen molar-refractivity contribution in [2.24, 2.45) is 0 Å². The highest BCUT2D eigenvalue weighted by molar-refractivity contribution is 6.42. The Morgan fingerprint density at radius 3 is 2.06 bits per heavy atom. The molecule has 0 heterocycles. The molecular weight excluding hydrogens is 664 g/mol. The lowest BCUT2D eigenvalue weighted by atomic mass is 10.0. The van der Waals surface area contributed by atoms with E-state index in [0.29, 0.717) is 5.56 Å². The van der Waals surface area contributed by atoms with E-state index in [1.807, 2.05) is 0 Å². The van der Waals surface area contributed by atoms with Gasteiger partial charge in [0.15, 0.2) is 0 Å². The number of ether oxygens (including phenoxy) is 2. The fraction of sp³-hybridized carbons (Fsp3) is 0.152. The molecule has 0 aliphatic carbocycles. The summed E-state index contributed by atoms with van der Waals surface area (Å²) in [7, 11) is 1.23. The molecule has 4 aromatic rings. The largest absolute Gasteiger partial charge is 0.497 e. The molecular formula is C33H25Cl2F3N2O7. The molecule has 0 aliphatic rings. The van der Waals surface area contributed by atoms with Gasteiger partial charge in [-0.05, 0) is 77.9 Å². The highest BCUT2D eigenvalue weighted by Gasteiger charge is 2.34. The Bertz CT molecular complexity index is 1800. The van der Waals surface area contributed by atoms with Crippen LogP contribution in [0.2, 0.25) is 10.0 Å². The summed E-state index contributed by atoms with van der Waals surface area (Å²) in [5, 5.41) is 12.4. The van der Waals surface area contributed by atoms with Crippen molar-refractivity contribution in [2.45, 2.75) is 19.1 Å². The van der Waals surface area contributed by atoms with Crippen molar-refractivity contribution in [3.8, 4) is 11.5 Å². The lowest BCUT2D eigenvalue weighted by molar-refractivity contribution is -0.139. The van der Waals surface area contributed by atoms with Crippen LogP contribution in [0.5, 0.6) is 11.5 Å². The van der Waals surface area contributed by atoms with Crippen molar-refractivity contribution < 1.29 is 46.9 Å². The number of nitrogens with one attached hydrogen (secondary N) is 1. The summed E-state index contributed by atoms with van der Waals surface area (Å²) in [4.78, 5) is 50.8. The van der Waals surface area contributed by atoms with Gasteiger partial charge in [0.1, 0.15) is 18.0 Å². The average Bonchev–Trinajstić information content (AvgIpc) is 3.02. The second-order valence-electron chi connectivity index (χ2n) is 10.0. The minimum atomic E-state index is -4.70. The third-order valence-electron chi connectivity index (χ3n) is 6.67. The number of carboxylic acid groups (broad SMARTS) is 1. The first-order valence-corrected chi connectivity index (χ1v) is 14.4. The number of carbonyl (C=O) groups is 4. The predicted octanol–water partition coefficient (Wildman–Crippen LogP) is 7.15. The van der Waals surface area contributed by atoms with Crippen LogP contribution >= 0.6 is 23.2 Å². The van der Waals surface area contributed by atoms with E-state index in [9.17, 15) is 37.5 Å². The van der Waals surface area contributed by atoms with Crippen molar-refractivity contribution in [1.82, 2.24) is 4.90 Å². The molecule has 4 aromatic carbocycles. The summed E-state index contributed by atoms with van der Waals surface area (Å²) in [6.07, 6.45) is -5.27. The zero-order valence-corrected chi connectivity index (χ0v) is 25.9. The van der Waals surface area contributed by atoms with Crippen LogP contribution in [0.25, 0.3) is 0 Å². The number of benzene rings is 4. The van der Waals surface area contributed by atoms with Crippen LogP contribution in [0.3, 0.4) is 0 Å². The van der Waals surface area contributed by atoms with Gasteiger partial charge in [-0.3, -0.25) is 14.4 Å². The number of rotatable bonds is 11. The third-order valence-corrected chi connectivity index (χ3v) is 7.40. The number of hydrogen-bond acceptors (Lipinski definition) is 6. The van der Waals surface area contributed by atoms with Gasteiger partial charge >= 0.3 is 18.1 Å². The Morgan fingerprint density at radius 1 is 0.830 bits per heavy atom. The number of anilines is 1. The lowest BCUT2D eigenvalue weighted by Gasteiger charge is -2.21. The van der Waals surface area contributed by atoms with Gasteiger partial charge in [0.05, 0.1) is 34.7 Å². The lowest BCUT2D eigenvalue weighted by Crippen LogP contribution is -2.35. The monoisotopic (exact) mass is 688 g/mol. The summed E-state index contributed by atoms with van der Waals surface area (Å²) in [5.74, 6) is -3.10. The van der Waals surface area contributed by atoms with E-state index in [4.69, 9.17) is 32.7 Å². The third kappa shape index (κ3) is 9.47. The van der Waals surface area contributed by atoms with Gasteiger partial charge in [-0.1, -0.05) is 41.4 Å². The van der Waals surface area contributed by atoms with Gasteiger partial charge in [-0.25, -0.2) is 4.79 Å². The molecule has 47 heavy (non-hydrogen) atoms. The number of carboxylic acids is 1. The molecule has 14 heteroatoms. The van der Waals surface area contributed by atoms with Crippen LogP contribution in [0, 0.1) is 0 Å². The van der Waals surface area contributed by atoms with Gasteiger partial charge in [-0.2, -0.15) is 13.2 Å². The van der Waals surface area contributed by atoms with Crippen LogP contribution in [-0.2, 0) is 28.7 Å². The molecule has 0 aromatic heterocycles. The fourth-order valence-electron chi connectivity index (χ4n) is 4.39. The molecule has 244 valence electrons. The van der Waals surface area contributed by atoms with Gasteiger partial charge < -0.3 is 24.8 Å². The number of alkyl halides is 3. The summed E-state index contributed by atoms with van der Waals surface area (Å²) in [5.41, 5.74) is -0.208. The molecule has 0 atom stereocenters. The van der Waals surface area contributed by atoms with E-state index in [0.717, 1.165) is 17.0 Å². The highest BCUT2D eigenvalue weighted by atomic mass is 35.5. The van der Waals surface area contributed by atoms with Crippen molar-refractivity contribution in [3.63, 3.8) is 0 Å². The fourth-order valence-corrected chi connectivity index (χ4v) is 4.69. The van der Waals surface area contributed by atoms with E-state index in [1.165, 1.54) is 67.8 Å². The van der Waals surface area contributed by atoms with E-state index in [1.54, 1.807) is 12.1 Å². The Kier molecular flexibility index (Phi) is 11.1. The van der Waals surface area contributed by atoms with Crippen LogP contribution in [0.15, 0.2) is 84.9 Å². The molecule has 2 N–H and O–H groups in total. The predicted molar refractivity (Wildman–Crippen MR) is 167 cm³/mol. The molecule has 0 saturated carbocycles. The molecule has 0 aliphatic heterocycles. The Balaban J connectivity index is 1.40. The molecule has 0 unspecified atom stereocenters. The molecule has 0 saturated heterocycles. The standard InChI is InChI=1S/C33H25Cl2F3N2O7/c1-46-25-12-6-21(26(16-25)33(36,37)38)15-29(41)39-23-8-4-20(5-9-23)31(44)40(18-30(42)43)17-19-2-10-24(11-3-19)47-32(45)22-7-13-27(34)28(35)14-22/h2-14,16H,15,17-18H2,1H3,(H,39,41)(H,42,43). The van der Waals surface area contributed by atoms with E-state index in [-0.39, 0.29) is 50.5 Å². The minimum Gasteiger partial charge on any atom is -0.497 e. The molecule has 9 nitrogen and oxygen atoms in total. The maximum atomic E-state index is 13.5. The van der Waals surface area contributed by atoms with Crippen LogP contribution in [-0.4, -0.2) is 47.4 Å². The van der Waals surface area contributed by atoms with Gasteiger partial charge in [0.25, 0.3) is 5.91 Å². The number of nitrogens with zero attached hydrogens (tertiary/aromatic N) is 1. The maximum Gasteiger partial charge on any atom is 0.416 e. The second kappa shape index (κ2) is 15.0. The quantitative estimate of drug-likeness (QED) is 0.127. The zero-order chi connectivity index (χ0) is 34.3. The van der Waals surface area contributed by atoms with Crippen LogP contribution in [0.4, 0.5) is 18.9 Å². The average molecular weight is 689 g/mol. The highest BCUT2D eigenvalue weighted by Crippen LogP contribution is 2.35. The number of carbonyl (C=O) groups excluding carboxylic acids is 3. The molecule has 0 fully saturated rings. The minimum absolute atomic E-state index is 0.00228. The van der Waals surface area contributed by atoms with Gasteiger partial charge in [0, 0.05) is 17.8 Å². The summed E-state index contributed by atoms with van der Waals surface area (Å²) < 4.78 is 50.7. The second-order valence-corrected chi connectivity index (χ2v) is 10.9. The first-order chi connectivity index (χ1) is 22.2. The number of amides is 2. The van der Waals surface area contributed by atoms with Crippen molar-refractivity contribution in [2.75, 3.05) is 19.0 Å². The Hall–Kier alpha value is -5.07. The molecule has 0 radical (unpaired) electrons. The number of methoxy groups -OCH3 is 1. The molecule has 0 spiro atoms. The van der Waals surface area contributed by atoms with Crippen molar-refractivity contribution in [3.05, 3.63) is 123 Å². The normalized spacial score (nSPS) is 11.0. The molecule has 0 bridgehead atoms. The SMILES string of the molecule is COc1ccc(CC(=O)Nc2ccc(C(=O)N(CC(=O)O)Cc3ccc(OC(=O)c4ccc(Cl)c(Cl)c4)cc3)cc2)c(C(F)(F)F)c1. The van der Waals surface area contributed by atoms with Crippen LogP contribution < -0.4 is 14.8 Å². The number of aliphatic carboxylic acids is 1. The summed E-state index contributed by atoms with van der Waals surface area (Å²) in [6, 6.07) is 19.1. The van der Waals surface area contributed by atoms with Crippen molar-refractivity contribution in [1.29, 1.82) is 0 Å². The maximum absolute atomic E-state index is 13.5. The smallest absolute Gasteiger partial charge is 0.416 e. The van der Waals surface area contributed by atoms with Gasteiger partial charge in [-0.15, -0.1) is 0 Å². The van der Waals surface area contributed by atoms with E-state index < -0.39 is 48.5 Å². The summed E-state index contributed by atoms with van der Waals surface area (Å²) in [6.45, 7) is -0.733.